The standard InChI is InChI=1S/C19H30N6O3.HI/c1-2-21-19(23-16-10-13-24(14-11-16)18(20)26)22-12-4-3-5-15-6-8-17(9-7-15)25(27)28;/h6-9,16H,2-5,10-14H2,1H3,(H2,20,26)(H2,21,22,23);1H. The van der Waals surface area contributed by atoms with Gasteiger partial charge in [-0.25, -0.2) is 4.79 Å². The molecule has 10 heteroatoms. The average molecular weight is 518 g/mol. The van der Waals surface area contributed by atoms with Crippen molar-refractivity contribution < 1.29 is 9.72 Å². The molecule has 0 saturated carbocycles. The molecular formula is C19H31IN6O3. The zero-order valence-corrected chi connectivity index (χ0v) is 19.1. The predicted molar refractivity (Wildman–Crippen MR) is 125 cm³/mol. The molecule has 1 aliphatic heterocycles. The molecule has 1 aromatic carbocycles. The van der Waals surface area contributed by atoms with Crippen LogP contribution in [0.15, 0.2) is 29.3 Å². The molecule has 0 aliphatic carbocycles. The van der Waals surface area contributed by atoms with Gasteiger partial charge in [0.1, 0.15) is 0 Å². The lowest BCUT2D eigenvalue weighted by molar-refractivity contribution is -0.384. The molecule has 1 aliphatic rings. The van der Waals surface area contributed by atoms with Crippen LogP contribution in [0.25, 0.3) is 0 Å². The highest BCUT2D eigenvalue weighted by Gasteiger charge is 2.21. The Bertz CT molecular complexity index is 675. The van der Waals surface area contributed by atoms with E-state index in [4.69, 9.17) is 5.73 Å². The summed E-state index contributed by atoms with van der Waals surface area (Å²) < 4.78 is 0. The summed E-state index contributed by atoms with van der Waals surface area (Å²) in [6.07, 6.45) is 4.50. The maximum Gasteiger partial charge on any atom is 0.314 e. The van der Waals surface area contributed by atoms with Crippen molar-refractivity contribution in [2.24, 2.45) is 10.7 Å². The van der Waals surface area contributed by atoms with Crippen molar-refractivity contribution in [3.63, 3.8) is 0 Å². The largest absolute Gasteiger partial charge is 0.357 e. The summed E-state index contributed by atoms with van der Waals surface area (Å²) in [5, 5.41) is 17.4. The zero-order valence-electron chi connectivity index (χ0n) is 16.8. The molecule has 0 bridgehead atoms. The Hall–Kier alpha value is -2.11. The maximum atomic E-state index is 11.2. The van der Waals surface area contributed by atoms with E-state index in [1.54, 1.807) is 17.0 Å². The number of nitrogens with one attached hydrogen (secondary N) is 2. The minimum Gasteiger partial charge on any atom is -0.357 e. The number of rotatable bonds is 8. The minimum atomic E-state index is -0.383. The number of carbonyl (C=O) groups is 1. The molecule has 2 amide bonds. The van der Waals surface area contributed by atoms with Crippen LogP contribution in [0.4, 0.5) is 10.5 Å². The van der Waals surface area contributed by atoms with E-state index < -0.39 is 0 Å². The number of non-ortho nitro benzene ring substituents is 1. The molecule has 162 valence electrons. The summed E-state index contributed by atoms with van der Waals surface area (Å²) >= 11 is 0. The van der Waals surface area contributed by atoms with Crippen LogP contribution in [0.5, 0.6) is 0 Å². The minimum absolute atomic E-state index is 0. The predicted octanol–water partition coefficient (Wildman–Crippen LogP) is 2.63. The highest BCUT2D eigenvalue weighted by Crippen LogP contribution is 2.14. The van der Waals surface area contributed by atoms with E-state index in [1.165, 1.54) is 0 Å². The number of aliphatic imine (C=N–C) groups is 1. The summed E-state index contributed by atoms with van der Waals surface area (Å²) in [6.45, 7) is 4.86. The molecule has 0 radical (unpaired) electrons. The maximum absolute atomic E-state index is 11.2. The fraction of sp³-hybridized carbons (Fsp3) is 0.579. The van der Waals surface area contributed by atoms with Crippen LogP contribution >= 0.6 is 24.0 Å². The van der Waals surface area contributed by atoms with Gasteiger partial charge in [-0.2, -0.15) is 0 Å². The number of carbonyl (C=O) groups excluding carboxylic acids is 1. The van der Waals surface area contributed by atoms with E-state index in [0.717, 1.165) is 50.2 Å². The number of amides is 2. The summed E-state index contributed by atoms with van der Waals surface area (Å²) in [7, 11) is 0. The number of nitro groups is 1. The molecular weight excluding hydrogens is 487 g/mol. The van der Waals surface area contributed by atoms with Crippen LogP contribution in [0.1, 0.15) is 38.2 Å². The fourth-order valence-electron chi connectivity index (χ4n) is 3.17. The zero-order chi connectivity index (χ0) is 20.4. The normalized spacial score (nSPS) is 14.8. The van der Waals surface area contributed by atoms with Gasteiger partial charge in [0.2, 0.25) is 0 Å². The van der Waals surface area contributed by atoms with Crippen LogP contribution in [0.2, 0.25) is 0 Å². The second-order valence-corrected chi connectivity index (χ2v) is 6.89. The highest BCUT2D eigenvalue weighted by molar-refractivity contribution is 14.0. The van der Waals surface area contributed by atoms with Gasteiger partial charge in [-0.15, -0.1) is 24.0 Å². The lowest BCUT2D eigenvalue weighted by Gasteiger charge is -2.32. The number of nitrogens with zero attached hydrogens (tertiary/aromatic N) is 3. The van der Waals surface area contributed by atoms with Gasteiger partial charge in [-0.1, -0.05) is 12.1 Å². The summed E-state index contributed by atoms with van der Waals surface area (Å²) in [4.78, 5) is 27.8. The van der Waals surface area contributed by atoms with Crippen LogP contribution < -0.4 is 16.4 Å². The number of hydrogen-bond donors (Lipinski definition) is 3. The third-order valence-electron chi connectivity index (χ3n) is 4.78. The Kier molecular flexibility index (Phi) is 11.3. The Morgan fingerprint density at radius 3 is 2.48 bits per heavy atom. The Labute approximate surface area is 188 Å². The third-order valence-corrected chi connectivity index (χ3v) is 4.78. The molecule has 9 nitrogen and oxygen atoms in total. The van der Waals surface area contributed by atoms with Crippen molar-refractivity contribution in [1.82, 2.24) is 15.5 Å². The van der Waals surface area contributed by atoms with Crippen LogP contribution in [-0.2, 0) is 6.42 Å². The third kappa shape index (κ3) is 8.84. The first-order valence-electron chi connectivity index (χ1n) is 9.82. The Morgan fingerprint density at radius 1 is 1.28 bits per heavy atom. The molecule has 2 rings (SSSR count). The number of aryl methyl sites for hydroxylation is 1. The second kappa shape index (κ2) is 13.2. The summed E-state index contributed by atoms with van der Waals surface area (Å²) in [5.41, 5.74) is 6.54. The molecule has 1 saturated heterocycles. The van der Waals surface area contributed by atoms with Crippen LogP contribution in [0.3, 0.4) is 0 Å². The first-order chi connectivity index (χ1) is 13.5. The number of likely N-dealkylation sites (tertiary alicyclic amines) is 1. The average Bonchev–Trinajstić information content (AvgIpc) is 2.68. The molecule has 0 aromatic heterocycles. The number of hydrogen-bond acceptors (Lipinski definition) is 4. The van der Waals surface area contributed by atoms with Gasteiger partial charge in [-0.05, 0) is 44.6 Å². The summed E-state index contributed by atoms with van der Waals surface area (Å²) in [5.74, 6) is 0.801. The van der Waals surface area contributed by atoms with Crippen molar-refractivity contribution in [2.45, 2.75) is 45.1 Å². The van der Waals surface area contributed by atoms with Crippen molar-refractivity contribution in [3.8, 4) is 0 Å². The first-order valence-corrected chi connectivity index (χ1v) is 9.82. The number of halogens is 1. The van der Waals surface area contributed by atoms with Gasteiger partial charge in [-0.3, -0.25) is 15.1 Å². The quantitative estimate of drug-likeness (QED) is 0.122. The number of nitrogens with two attached hydrogens (primary N) is 1. The number of urea groups is 1. The van der Waals surface area contributed by atoms with E-state index in [2.05, 4.69) is 15.6 Å². The van der Waals surface area contributed by atoms with Crippen LogP contribution in [-0.4, -0.2) is 54.0 Å². The van der Waals surface area contributed by atoms with E-state index in [1.807, 2.05) is 19.1 Å². The molecule has 0 atom stereocenters. The monoisotopic (exact) mass is 518 g/mol. The number of nitro benzene ring substituents is 1. The lowest BCUT2D eigenvalue weighted by Crippen LogP contribution is -2.50. The number of guanidine groups is 1. The number of piperidine rings is 1. The van der Waals surface area contributed by atoms with Gasteiger partial charge in [0.05, 0.1) is 4.92 Å². The smallest absolute Gasteiger partial charge is 0.314 e. The van der Waals surface area contributed by atoms with Crippen molar-refractivity contribution in [3.05, 3.63) is 39.9 Å². The van der Waals surface area contributed by atoms with Gasteiger partial charge < -0.3 is 21.3 Å². The van der Waals surface area contributed by atoms with Gasteiger partial charge in [0, 0.05) is 44.4 Å². The van der Waals surface area contributed by atoms with Gasteiger partial charge >= 0.3 is 6.03 Å². The van der Waals surface area contributed by atoms with Gasteiger partial charge in [0.25, 0.3) is 5.69 Å². The van der Waals surface area contributed by atoms with Crippen molar-refractivity contribution >= 4 is 41.7 Å². The second-order valence-electron chi connectivity index (χ2n) is 6.89. The fourth-order valence-corrected chi connectivity index (χ4v) is 3.17. The van der Waals surface area contributed by atoms with E-state index in [-0.39, 0.29) is 46.7 Å². The van der Waals surface area contributed by atoms with E-state index in [0.29, 0.717) is 19.6 Å². The van der Waals surface area contributed by atoms with Crippen molar-refractivity contribution in [1.29, 1.82) is 0 Å². The molecule has 4 N–H and O–H groups in total. The Balaban J connectivity index is 0.00000420. The summed E-state index contributed by atoms with van der Waals surface area (Å²) in [6, 6.07) is 6.64. The number of benzene rings is 1. The number of primary amides is 1. The molecule has 0 spiro atoms. The molecule has 29 heavy (non-hydrogen) atoms. The lowest BCUT2D eigenvalue weighted by atomic mass is 10.1. The molecule has 0 unspecified atom stereocenters. The Morgan fingerprint density at radius 2 is 1.93 bits per heavy atom. The highest BCUT2D eigenvalue weighted by atomic mass is 127. The van der Waals surface area contributed by atoms with E-state index in [9.17, 15) is 14.9 Å². The molecule has 1 aromatic rings. The SMILES string of the molecule is CCNC(=NCCCCc1ccc([N+](=O)[O-])cc1)NC1CCN(C(N)=O)CC1.I. The van der Waals surface area contributed by atoms with Gasteiger partial charge in [0.15, 0.2) is 5.96 Å². The van der Waals surface area contributed by atoms with Crippen molar-refractivity contribution in [2.75, 3.05) is 26.2 Å². The first kappa shape index (κ1) is 24.9. The van der Waals surface area contributed by atoms with Crippen LogP contribution in [0, 0.1) is 10.1 Å². The number of unbranched alkanes of at least 4 members (excludes halogenated alkanes) is 1. The molecule has 1 heterocycles. The topological polar surface area (TPSA) is 126 Å². The van der Waals surface area contributed by atoms with E-state index >= 15 is 0 Å². The molecule has 1 fully saturated rings.